The first-order valence-electron chi connectivity index (χ1n) is 7.09. The van der Waals surface area contributed by atoms with Crippen LogP contribution in [0.5, 0.6) is 0 Å². The van der Waals surface area contributed by atoms with Crippen LogP contribution in [0.15, 0.2) is 12.1 Å². The lowest BCUT2D eigenvalue weighted by Crippen LogP contribution is -2.29. The van der Waals surface area contributed by atoms with Crippen molar-refractivity contribution in [1.82, 2.24) is 9.88 Å². The van der Waals surface area contributed by atoms with Gasteiger partial charge >= 0.3 is 0 Å². The predicted molar refractivity (Wildman–Crippen MR) is 81.3 cm³/mol. The molecule has 0 spiro atoms. The van der Waals surface area contributed by atoms with Crippen LogP contribution in [0.25, 0.3) is 10.9 Å². The molecule has 1 aliphatic rings. The van der Waals surface area contributed by atoms with Crippen molar-refractivity contribution < 1.29 is 4.79 Å². The molecule has 3 nitrogen and oxygen atoms in total. The van der Waals surface area contributed by atoms with Crippen molar-refractivity contribution in [3.8, 4) is 0 Å². The second-order valence-corrected chi connectivity index (χ2v) is 5.93. The van der Waals surface area contributed by atoms with Crippen LogP contribution in [0.3, 0.4) is 0 Å². The van der Waals surface area contributed by atoms with Crippen LogP contribution >= 0.6 is 0 Å². The Morgan fingerprint density at radius 1 is 1.30 bits per heavy atom. The SMILES string of the molecule is CC(=O)c1c2c(nc3cc(C)cc(C)c13)CCN(C)C2. The maximum Gasteiger partial charge on any atom is 0.160 e. The summed E-state index contributed by atoms with van der Waals surface area (Å²) < 4.78 is 0. The van der Waals surface area contributed by atoms with E-state index in [0.717, 1.165) is 52.8 Å². The van der Waals surface area contributed by atoms with Crippen LogP contribution in [-0.2, 0) is 13.0 Å². The number of carbonyl (C=O) groups is 1. The minimum atomic E-state index is 0.149. The normalized spacial score (nSPS) is 15.4. The molecule has 1 aromatic heterocycles. The van der Waals surface area contributed by atoms with Crippen LogP contribution < -0.4 is 0 Å². The van der Waals surface area contributed by atoms with Crippen molar-refractivity contribution in [2.45, 2.75) is 33.7 Å². The quantitative estimate of drug-likeness (QED) is 0.745. The summed E-state index contributed by atoms with van der Waals surface area (Å²) >= 11 is 0. The summed E-state index contributed by atoms with van der Waals surface area (Å²) in [5, 5.41) is 1.04. The van der Waals surface area contributed by atoms with Gasteiger partial charge in [0.1, 0.15) is 0 Å². The highest BCUT2D eigenvalue weighted by molar-refractivity contribution is 6.09. The van der Waals surface area contributed by atoms with E-state index < -0.39 is 0 Å². The topological polar surface area (TPSA) is 33.2 Å². The fourth-order valence-corrected chi connectivity index (χ4v) is 3.28. The largest absolute Gasteiger partial charge is 0.302 e. The van der Waals surface area contributed by atoms with E-state index in [4.69, 9.17) is 4.98 Å². The summed E-state index contributed by atoms with van der Waals surface area (Å²) in [4.78, 5) is 19.3. The molecule has 1 aliphatic heterocycles. The fraction of sp³-hybridized carbons (Fsp3) is 0.412. The number of carbonyl (C=O) groups excluding carboxylic acids is 1. The van der Waals surface area contributed by atoms with E-state index in [1.807, 2.05) is 0 Å². The molecule has 3 heteroatoms. The second kappa shape index (κ2) is 4.67. The maximum atomic E-state index is 12.2. The van der Waals surface area contributed by atoms with E-state index in [-0.39, 0.29) is 5.78 Å². The minimum Gasteiger partial charge on any atom is -0.302 e. The van der Waals surface area contributed by atoms with Crippen LogP contribution in [0, 0.1) is 13.8 Å². The van der Waals surface area contributed by atoms with E-state index in [1.54, 1.807) is 6.92 Å². The van der Waals surface area contributed by atoms with Crippen LogP contribution in [0.4, 0.5) is 0 Å². The van der Waals surface area contributed by atoms with Crippen molar-refractivity contribution in [2.24, 2.45) is 0 Å². The molecule has 3 rings (SSSR count). The molecular formula is C17H20N2O. The Bertz CT molecular complexity index is 719. The van der Waals surface area contributed by atoms with Crippen molar-refractivity contribution in [3.05, 3.63) is 40.1 Å². The zero-order valence-electron chi connectivity index (χ0n) is 12.6. The molecule has 20 heavy (non-hydrogen) atoms. The number of benzene rings is 1. The van der Waals surface area contributed by atoms with Gasteiger partial charge in [0.2, 0.25) is 0 Å². The molecule has 2 heterocycles. The molecular weight excluding hydrogens is 248 g/mol. The van der Waals surface area contributed by atoms with Gasteiger partial charge in [0.25, 0.3) is 0 Å². The molecule has 0 saturated heterocycles. The minimum absolute atomic E-state index is 0.149. The van der Waals surface area contributed by atoms with Gasteiger partial charge in [-0.05, 0) is 50.6 Å². The zero-order valence-corrected chi connectivity index (χ0v) is 12.6. The van der Waals surface area contributed by atoms with Crippen LogP contribution in [0.1, 0.15) is 39.7 Å². The van der Waals surface area contributed by atoms with Gasteiger partial charge in [-0.1, -0.05) is 6.07 Å². The number of hydrogen-bond donors (Lipinski definition) is 0. The number of aryl methyl sites for hydroxylation is 2. The van der Waals surface area contributed by atoms with E-state index in [2.05, 4.69) is 37.9 Å². The highest BCUT2D eigenvalue weighted by Gasteiger charge is 2.23. The second-order valence-electron chi connectivity index (χ2n) is 5.93. The molecule has 0 fully saturated rings. The number of rotatable bonds is 1. The lowest BCUT2D eigenvalue weighted by atomic mass is 9.91. The average Bonchev–Trinajstić information content (AvgIpc) is 2.36. The molecule has 0 radical (unpaired) electrons. The Balaban J connectivity index is 2.42. The maximum absolute atomic E-state index is 12.2. The highest BCUT2D eigenvalue weighted by Crippen LogP contribution is 2.30. The van der Waals surface area contributed by atoms with Gasteiger partial charge in [-0.3, -0.25) is 9.78 Å². The highest BCUT2D eigenvalue weighted by atomic mass is 16.1. The van der Waals surface area contributed by atoms with E-state index in [1.165, 1.54) is 5.56 Å². The monoisotopic (exact) mass is 268 g/mol. The molecule has 0 atom stereocenters. The number of fused-ring (bicyclic) bond motifs is 2. The lowest BCUT2D eigenvalue weighted by Gasteiger charge is -2.27. The molecule has 0 N–H and O–H groups in total. The molecule has 1 aromatic carbocycles. The van der Waals surface area contributed by atoms with E-state index in [0.29, 0.717) is 0 Å². The van der Waals surface area contributed by atoms with Gasteiger partial charge in [0.05, 0.1) is 5.52 Å². The summed E-state index contributed by atoms with van der Waals surface area (Å²) in [5.74, 6) is 0.149. The molecule has 0 amide bonds. The number of hydrogen-bond acceptors (Lipinski definition) is 3. The molecule has 0 aliphatic carbocycles. The summed E-state index contributed by atoms with van der Waals surface area (Å²) in [6.45, 7) is 7.65. The number of Topliss-reactive ketones (excluding diaryl/α,β-unsaturated/α-hetero) is 1. The first-order chi connectivity index (χ1) is 9.47. The Morgan fingerprint density at radius 3 is 2.75 bits per heavy atom. The first-order valence-corrected chi connectivity index (χ1v) is 7.09. The van der Waals surface area contributed by atoms with Crippen molar-refractivity contribution >= 4 is 16.7 Å². The van der Waals surface area contributed by atoms with Crippen molar-refractivity contribution in [2.75, 3.05) is 13.6 Å². The molecule has 2 aromatic rings. The van der Waals surface area contributed by atoms with Gasteiger partial charge in [0.15, 0.2) is 5.78 Å². The number of likely N-dealkylation sites (N-methyl/N-ethyl adjacent to an activating group) is 1. The number of ketones is 1. The summed E-state index contributed by atoms with van der Waals surface area (Å²) in [5.41, 5.74) is 6.43. The third-order valence-electron chi connectivity index (χ3n) is 4.12. The van der Waals surface area contributed by atoms with E-state index >= 15 is 0 Å². The lowest BCUT2D eigenvalue weighted by molar-refractivity contribution is 0.101. The third kappa shape index (κ3) is 2.02. The van der Waals surface area contributed by atoms with Crippen LogP contribution in [0.2, 0.25) is 0 Å². The predicted octanol–water partition coefficient (Wildman–Crippen LogP) is 3.04. The molecule has 0 saturated carbocycles. The van der Waals surface area contributed by atoms with Gasteiger partial charge in [0, 0.05) is 36.2 Å². The first kappa shape index (κ1) is 13.3. The number of nitrogens with zero attached hydrogens (tertiary/aromatic N) is 2. The average molecular weight is 268 g/mol. The van der Waals surface area contributed by atoms with Gasteiger partial charge in [-0.2, -0.15) is 0 Å². The standard InChI is InChI=1S/C17H20N2O/c1-10-7-11(2)16-15(8-10)18-14-5-6-19(4)9-13(14)17(16)12(3)20/h7-8H,5-6,9H2,1-4H3. The Hall–Kier alpha value is -1.74. The zero-order chi connectivity index (χ0) is 14.4. The summed E-state index contributed by atoms with van der Waals surface area (Å²) in [6, 6.07) is 4.22. The van der Waals surface area contributed by atoms with Crippen molar-refractivity contribution in [1.29, 1.82) is 0 Å². The Labute approximate surface area is 119 Å². The Kier molecular flexibility index (Phi) is 3.09. The third-order valence-corrected chi connectivity index (χ3v) is 4.12. The summed E-state index contributed by atoms with van der Waals surface area (Å²) in [6.07, 6.45) is 0.926. The number of pyridine rings is 1. The smallest absolute Gasteiger partial charge is 0.160 e. The molecule has 0 unspecified atom stereocenters. The fourth-order valence-electron chi connectivity index (χ4n) is 3.28. The van der Waals surface area contributed by atoms with E-state index in [9.17, 15) is 4.79 Å². The Morgan fingerprint density at radius 2 is 2.05 bits per heavy atom. The summed E-state index contributed by atoms with van der Waals surface area (Å²) in [7, 11) is 2.10. The molecule has 0 bridgehead atoms. The number of aromatic nitrogens is 1. The molecule has 104 valence electrons. The van der Waals surface area contributed by atoms with Crippen molar-refractivity contribution in [3.63, 3.8) is 0 Å². The van der Waals surface area contributed by atoms with Gasteiger partial charge in [-0.25, -0.2) is 0 Å². The van der Waals surface area contributed by atoms with Crippen LogP contribution in [-0.4, -0.2) is 29.3 Å². The van der Waals surface area contributed by atoms with Gasteiger partial charge in [-0.15, -0.1) is 0 Å². The van der Waals surface area contributed by atoms with Gasteiger partial charge < -0.3 is 4.90 Å².